The van der Waals surface area contributed by atoms with Gasteiger partial charge in [0.25, 0.3) is 5.91 Å². The molecule has 7 heteroatoms. The molecule has 7 nitrogen and oxygen atoms in total. The molecule has 172 valence electrons. The lowest BCUT2D eigenvalue weighted by Crippen LogP contribution is -2.29. The minimum Gasteiger partial charge on any atom is -0.490 e. The molecule has 3 rings (SSSR count). The van der Waals surface area contributed by atoms with Gasteiger partial charge < -0.3 is 20.7 Å². The van der Waals surface area contributed by atoms with Gasteiger partial charge in [0.2, 0.25) is 0 Å². The molecule has 0 aliphatic rings. The summed E-state index contributed by atoms with van der Waals surface area (Å²) < 4.78 is 5.39. The van der Waals surface area contributed by atoms with Crippen LogP contribution in [0.2, 0.25) is 0 Å². The summed E-state index contributed by atoms with van der Waals surface area (Å²) in [6.07, 6.45) is -1.09. The van der Waals surface area contributed by atoms with Gasteiger partial charge in [0.05, 0.1) is 18.7 Å². The Kier molecular flexibility index (Phi) is 8.71. The number of rotatable bonds is 12. The van der Waals surface area contributed by atoms with E-state index < -0.39 is 18.6 Å². The number of nitrogens with zero attached hydrogens (tertiary/aromatic N) is 1. The van der Waals surface area contributed by atoms with Crippen LogP contribution in [-0.2, 0) is 13.1 Å². The lowest BCUT2D eigenvalue weighted by Gasteiger charge is -2.22. The zero-order chi connectivity index (χ0) is 23.6. The third-order valence-corrected chi connectivity index (χ3v) is 5.07. The average Bonchev–Trinajstić information content (AvgIpc) is 2.83. The normalized spacial score (nSPS) is 11.8. The lowest BCUT2D eigenvalue weighted by atomic mass is 10.0. The van der Waals surface area contributed by atoms with Gasteiger partial charge in [0.15, 0.2) is 5.78 Å². The van der Waals surface area contributed by atoms with E-state index >= 15 is 0 Å². The minimum atomic E-state index is -1.09. The van der Waals surface area contributed by atoms with Crippen LogP contribution in [0, 0.1) is 0 Å². The number of hydrogen-bond acceptors (Lipinski definition) is 6. The SMILES string of the molecule is NC(=O)c1cc(C(=O)CN(Cc2ccccc2)Cc2ccccc2)ccc1OCC(O)CO. The van der Waals surface area contributed by atoms with Crippen LogP contribution >= 0.6 is 0 Å². The van der Waals surface area contributed by atoms with Crippen molar-refractivity contribution < 1.29 is 24.5 Å². The Hall–Kier alpha value is -3.52. The number of Topliss-reactive ketones (excluding diaryl/α,β-unsaturated/α-hetero) is 1. The Labute approximate surface area is 193 Å². The summed E-state index contributed by atoms with van der Waals surface area (Å²) in [5.74, 6) is -0.758. The molecule has 0 radical (unpaired) electrons. The molecule has 0 bridgehead atoms. The molecular weight excluding hydrogens is 420 g/mol. The van der Waals surface area contributed by atoms with Crippen molar-refractivity contribution in [3.63, 3.8) is 0 Å². The molecule has 0 aromatic heterocycles. The Morgan fingerprint density at radius 2 is 1.48 bits per heavy atom. The molecule has 0 fully saturated rings. The first-order chi connectivity index (χ1) is 16.0. The predicted octanol–water partition coefficient (Wildman–Crippen LogP) is 2.40. The number of aliphatic hydroxyl groups is 2. The quantitative estimate of drug-likeness (QED) is 0.367. The Morgan fingerprint density at radius 1 is 0.909 bits per heavy atom. The fourth-order valence-electron chi connectivity index (χ4n) is 3.41. The number of aliphatic hydroxyl groups excluding tert-OH is 2. The Balaban J connectivity index is 1.78. The van der Waals surface area contributed by atoms with Crippen LogP contribution in [0.1, 0.15) is 31.8 Å². The van der Waals surface area contributed by atoms with Crippen molar-refractivity contribution in [2.75, 3.05) is 19.8 Å². The zero-order valence-corrected chi connectivity index (χ0v) is 18.3. The Bertz CT molecular complexity index is 1020. The maximum absolute atomic E-state index is 13.1. The molecule has 0 saturated heterocycles. The van der Waals surface area contributed by atoms with Crippen LogP contribution in [0.25, 0.3) is 0 Å². The first kappa shape index (κ1) is 24.1. The topological polar surface area (TPSA) is 113 Å². The second-order valence-electron chi connectivity index (χ2n) is 7.76. The van der Waals surface area contributed by atoms with E-state index in [4.69, 9.17) is 15.6 Å². The first-order valence-electron chi connectivity index (χ1n) is 10.6. The summed E-state index contributed by atoms with van der Waals surface area (Å²) in [5, 5.41) is 18.4. The largest absolute Gasteiger partial charge is 0.490 e. The van der Waals surface area contributed by atoms with E-state index in [9.17, 15) is 14.7 Å². The van der Waals surface area contributed by atoms with Crippen molar-refractivity contribution in [3.05, 3.63) is 101 Å². The molecular formula is C26H28N2O5. The first-order valence-corrected chi connectivity index (χ1v) is 10.6. The number of hydrogen-bond donors (Lipinski definition) is 3. The molecule has 3 aromatic rings. The van der Waals surface area contributed by atoms with Gasteiger partial charge in [-0.15, -0.1) is 0 Å². The molecule has 1 amide bonds. The van der Waals surface area contributed by atoms with Crippen molar-refractivity contribution in [3.8, 4) is 5.75 Å². The van der Waals surface area contributed by atoms with E-state index in [1.165, 1.54) is 12.1 Å². The summed E-state index contributed by atoms with van der Waals surface area (Å²) in [6, 6.07) is 24.3. The molecule has 0 spiro atoms. The number of amides is 1. The smallest absolute Gasteiger partial charge is 0.252 e. The van der Waals surface area contributed by atoms with Crippen molar-refractivity contribution in [2.24, 2.45) is 5.73 Å². The summed E-state index contributed by atoms with van der Waals surface area (Å²) in [7, 11) is 0. The van der Waals surface area contributed by atoms with Gasteiger partial charge in [0, 0.05) is 18.7 Å². The van der Waals surface area contributed by atoms with E-state index in [2.05, 4.69) is 0 Å². The van der Waals surface area contributed by atoms with Gasteiger partial charge in [0.1, 0.15) is 18.5 Å². The van der Waals surface area contributed by atoms with Crippen LogP contribution in [0.4, 0.5) is 0 Å². The van der Waals surface area contributed by atoms with E-state index in [1.807, 2.05) is 65.6 Å². The predicted molar refractivity (Wildman–Crippen MR) is 125 cm³/mol. The maximum Gasteiger partial charge on any atom is 0.252 e. The molecule has 0 heterocycles. The van der Waals surface area contributed by atoms with Gasteiger partial charge in [-0.1, -0.05) is 60.7 Å². The number of nitrogens with two attached hydrogens (primary N) is 1. The van der Waals surface area contributed by atoms with E-state index in [-0.39, 0.29) is 30.2 Å². The third-order valence-electron chi connectivity index (χ3n) is 5.07. The number of primary amides is 1. The third kappa shape index (κ3) is 7.25. The highest BCUT2D eigenvalue weighted by molar-refractivity contribution is 6.02. The molecule has 0 aliphatic heterocycles. The molecule has 4 N–H and O–H groups in total. The van der Waals surface area contributed by atoms with Gasteiger partial charge >= 0.3 is 0 Å². The van der Waals surface area contributed by atoms with Gasteiger partial charge in [-0.05, 0) is 29.3 Å². The Morgan fingerprint density at radius 3 is 2.00 bits per heavy atom. The number of carbonyl (C=O) groups excluding carboxylic acids is 2. The number of benzene rings is 3. The molecule has 3 aromatic carbocycles. The van der Waals surface area contributed by atoms with Crippen LogP contribution in [0.5, 0.6) is 5.75 Å². The molecule has 0 saturated carbocycles. The highest BCUT2D eigenvalue weighted by atomic mass is 16.5. The van der Waals surface area contributed by atoms with Crippen LogP contribution in [0.15, 0.2) is 78.9 Å². The fourth-order valence-corrected chi connectivity index (χ4v) is 3.41. The van der Waals surface area contributed by atoms with Crippen molar-refractivity contribution in [1.82, 2.24) is 4.90 Å². The van der Waals surface area contributed by atoms with Gasteiger partial charge in [-0.3, -0.25) is 14.5 Å². The van der Waals surface area contributed by atoms with Crippen LogP contribution < -0.4 is 10.5 Å². The summed E-state index contributed by atoms with van der Waals surface area (Å²) in [5.41, 5.74) is 8.03. The summed E-state index contributed by atoms with van der Waals surface area (Å²) in [6.45, 7) is 0.646. The van der Waals surface area contributed by atoms with Crippen LogP contribution in [0.3, 0.4) is 0 Å². The summed E-state index contributed by atoms with van der Waals surface area (Å²) in [4.78, 5) is 27.1. The second kappa shape index (κ2) is 11.9. The van der Waals surface area contributed by atoms with Gasteiger partial charge in [-0.2, -0.15) is 0 Å². The maximum atomic E-state index is 13.1. The van der Waals surface area contributed by atoms with Crippen molar-refractivity contribution in [1.29, 1.82) is 0 Å². The number of ketones is 1. The zero-order valence-electron chi connectivity index (χ0n) is 18.3. The lowest BCUT2D eigenvalue weighted by molar-refractivity contribution is 0.0531. The van der Waals surface area contributed by atoms with E-state index in [0.717, 1.165) is 11.1 Å². The molecule has 0 aliphatic carbocycles. The van der Waals surface area contributed by atoms with E-state index in [1.54, 1.807) is 6.07 Å². The fraction of sp³-hybridized carbons (Fsp3) is 0.231. The monoisotopic (exact) mass is 448 g/mol. The van der Waals surface area contributed by atoms with Gasteiger partial charge in [-0.25, -0.2) is 0 Å². The molecule has 33 heavy (non-hydrogen) atoms. The number of carbonyl (C=O) groups is 2. The molecule has 1 atom stereocenters. The average molecular weight is 449 g/mol. The second-order valence-corrected chi connectivity index (χ2v) is 7.76. The van der Waals surface area contributed by atoms with E-state index in [0.29, 0.717) is 18.7 Å². The highest BCUT2D eigenvalue weighted by Crippen LogP contribution is 2.21. The minimum absolute atomic E-state index is 0.0451. The number of ether oxygens (including phenoxy) is 1. The van der Waals surface area contributed by atoms with Crippen molar-refractivity contribution in [2.45, 2.75) is 19.2 Å². The summed E-state index contributed by atoms with van der Waals surface area (Å²) >= 11 is 0. The van der Waals surface area contributed by atoms with Crippen LogP contribution in [-0.4, -0.2) is 52.7 Å². The highest BCUT2D eigenvalue weighted by Gasteiger charge is 2.18. The van der Waals surface area contributed by atoms with Crippen molar-refractivity contribution >= 4 is 11.7 Å². The molecule has 1 unspecified atom stereocenters. The standard InChI is InChI=1S/C26H28N2O5/c27-26(32)23-13-21(11-12-25(23)33-18-22(30)17-29)24(31)16-28(14-19-7-3-1-4-8-19)15-20-9-5-2-6-10-20/h1-13,22,29-30H,14-18H2,(H2,27,32).